The predicted octanol–water partition coefficient (Wildman–Crippen LogP) is 4.65. The van der Waals surface area contributed by atoms with E-state index in [9.17, 15) is 22.8 Å². The monoisotopic (exact) mass is 485 g/mol. The summed E-state index contributed by atoms with van der Waals surface area (Å²) < 4.78 is 42.6. The molecule has 1 spiro atoms. The van der Waals surface area contributed by atoms with Gasteiger partial charge in [-0.1, -0.05) is 6.07 Å². The number of carboxylic acid groups (broad SMARTS) is 1. The molecule has 0 saturated carbocycles. The van der Waals surface area contributed by atoms with Crippen molar-refractivity contribution in [1.29, 1.82) is 0 Å². The Hall–Kier alpha value is -2.49. The highest BCUT2D eigenvalue weighted by atomic mass is 19.4. The number of carbonyl (C=O) groups excluding carboxylic acids is 1. The fourth-order valence-corrected chi connectivity index (χ4v) is 4.81. The molecule has 2 saturated heterocycles. The number of nitrogens with zero attached hydrogens (tertiary/aromatic N) is 2. The zero-order valence-electron chi connectivity index (χ0n) is 19.8. The maximum absolute atomic E-state index is 12.7. The third-order valence-electron chi connectivity index (χ3n) is 6.78. The Balaban J connectivity index is 1.49. The Morgan fingerprint density at radius 2 is 1.85 bits per heavy atom. The first-order valence-electron chi connectivity index (χ1n) is 11.8. The molecule has 2 aliphatic rings. The van der Waals surface area contributed by atoms with Crippen LogP contribution in [0.5, 0.6) is 0 Å². The van der Waals surface area contributed by atoms with Crippen molar-refractivity contribution in [3.05, 3.63) is 29.3 Å². The SMILES string of the molecule is Cc1cc(CN2CCC3(CCN(C(=O)OC(C)C(F)(F)F)CC3)C2)cc(NCCCC(=O)O)c1. The number of alkyl halides is 3. The Kier molecular flexibility index (Phi) is 8.33. The van der Waals surface area contributed by atoms with Gasteiger partial charge in [0.05, 0.1) is 0 Å². The van der Waals surface area contributed by atoms with E-state index in [0.717, 1.165) is 57.1 Å². The summed E-state index contributed by atoms with van der Waals surface area (Å²) in [6.45, 7) is 6.92. The lowest BCUT2D eigenvalue weighted by atomic mass is 9.78. The molecule has 2 N–H and O–H groups in total. The molecular formula is C24H34F3N3O4. The highest BCUT2D eigenvalue weighted by Gasteiger charge is 2.43. The molecular weight excluding hydrogens is 451 g/mol. The van der Waals surface area contributed by atoms with E-state index in [-0.39, 0.29) is 11.8 Å². The standard InChI is InChI=1S/C24H34F3N3O4/c1-17-12-19(14-20(13-17)28-8-3-4-21(31)32)15-29-9-5-23(16-29)6-10-30(11-7-23)22(33)34-18(2)24(25,26)27/h12-14,18,28H,3-11,15-16H2,1-2H3,(H,31,32). The number of carbonyl (C=O) groups is 2. The zero-order valence-corrected chi connectivity index (χ0v) is 19.8. The van der Waals surface area contributed by atoms with Gasteiger partial charge < -0.3 is 20.1 Å². The van der Waals surface area contributed by atoms with Gasteiger partial charge in [0, 0.05) is 44.8 Å². The van der Waals surface area contributed by atoms with Crippen LogP contribution in [0.4, 0.5) is 23.7 Å². The molecule has 10 heteroatoms. The van der Waals surface area contributed by atoms with Gasteiger partial charge in [-0.2, -0.15) is 13.2 Å². The number of amides is 1. The van der Waals surface area contributed by atoms with Gasteiger partial charge in [0.1, 0.15) is 0 Å². The number of benzene rings is 1. The summed E-state index contributed by atoms with van der Waals surface area (Å²) in [5.74, 6) is -0.798. The predicted molar refractivity (Wildman–Crippen MR) is 122 cm³/mol. The molecule has 0 aromatic heterocycles. The molecule has 190 valence electrons. The van der Waals surface area contributed by atoms with E-state index in [1.54, 1.807) is 0 Å². The number of aliphatic carboxylic acids is 1. The van der Waals surface area contributed by atoms with Crippen LogP contribution >= 0.6 is 0 Å². The third-order valence-corrected chi connectivity index (χ3v) is 6.78. The molecule has 0 bridgehead atoms. The smallest absolute Gasteiger partial charge is 0.425 e. The average molecular weight is 486 g/mol. The molecule has 34 heavy (non-hydrogen) atoms. The number of anilines is 1. The number of hydrogen-bond acceptors (Lipinski definition) is 5. The van der Waals surface area contributed by atoms with E-state index in [1.807, 2.05) is 13.0 Å². The van der Waals surface area contributed by atoms with Crippen LogP contribution < -0.4 is 5.32 Å². The minimum atomic E-state index is -4.55. The van der Waals surface area contributed by atoms with Crippen LogP contribution in [0.1, 0.15) is 50.2 Å². The van der Waals surface area contributed by atoms with Crippen LogP contribution in [0.2, 0.25) is 0 Å². The molecule has 2 heterocycles. The van der Waals surface area contributed by atoms with Crippen LogP contribution in [0.25, 0.3) is 0 Å². The number of aryl methyl sites for hydroxylation is 1. The highest BCUT2D eigenvalue weighted by Crippen LogP contribution is 2.41. The van der Waals surface area contributed by atoms with E-state index in [4.69, 9.17) is 5.11 Å². The van der Waals surface area contributed by atoms with Crippen LogP contribution in [0, 0.1) is 12.3 Å². The average Bonchev–Trinajstić information content (AvgIpc) is 3.12. The molecule has 0 radical (unpaired) electrons. The first-order chi connectivity index (χ1) is 16.0. The van der Waals surface area contributed by atoms with Crippen LogP contribution in [0.3, 0.4) is 0 Å². The molecule has 1 aromatic carbocycles. The van der Waals surface area contributed by atoms with Crippen molar-refractivity contribution in [1.82, 2.24) is 9.80 Å². The normalized spacial score (nSPS) is 19.3. The quantitative estimate of drug-likeness (QED) is 0.522. The summed E-state index contributed by atoms with van der Waals surface area (Å²) in [7, 11) is 0. The van der Waals surface area contributed by atoms with Crippen LogP contribution in [-0.4, -0.2) is 72.0 Å². The van der Waals surface area contributed by atoms with Crippen molar-refractivity contribution in [2.45, 2.75) is 64.8 Å². The second-order valence-corrected chi connectivity index (χ2v) is 9.65. The molecule has 1 aromatic rings. The van der Waals surface area contributed by atoms with Gasteiger partial charge in [0.15, 0.2) is 6.10 Å². The van der Waals surface area contributed by atoms with E-state index in [0.29, 0.717) is 26.1 Å². The molecule has 0 aliphatic carbocycles. The molecule has 2 fully saturated rings. The largest absolute Gasteiger partial charge is 0.481 e. The number of hydrogen-bond donors (Lipinski definition) is 2. The number of likely N-dealkylation sites (tertiary alicyclic amines) is 2. The minimum absolute atomic E-state index is 0.0775. The van der Waals surface area contributed by atoms with Crippen molar-refractivity contribution < 1.29 is 32.6 Å². The Labute approximate surface area is 198 Å². The number of rotatable bonds is 8. The van der Waals surface area contributed by atoms with E-state index in [1.165, 1.54) is 10.5 Å². The fourth-order valence-electron chi connectivity index (χ4n) is 4.81. The van der Waals surface area contributed by atoms with Crippen molar-refractivity contribution in [3.63, 3.8) is 0 Å². The summed E-state index contributed by atoms with van der Waals surface area (Å²) in [5, 5.41) is 12.1. The maximum atomic E-state index is 12.7. The van der Waals surface area contributed by atoms with Crippen molar-refractivity contribution in [3.8, 4) is 0 Å². The number of halogens is 3. The highest BCUT2D eigenvalue weighted by molar-refractivity contribution is 5.68. The molecule has 2 aliphatic heterocycles. The van der Waals surface area contributed by atoms with Crippen LogP contribution in [-0.2, 0) is 16.1 Å². The molecule has 1 amide bonds. The van der Waals surface area contributed by atoms with Crippen molar-refractivity contribution in [2.75, 3.05) is 38.0 Å². The summed E-state index contributed by atoms with van der Waals surface area (Å²) in [6, 6.07) is 6.29. The summed E-state index contributed by atoms with van der Waals surface area (Å²) in [5.41, 5.74) is 3.37. The van der Waals surface area contributed by atoms with E-state index < -0.39 is 24.3 Å². The Bertz CT molecular complexity index is 870. The lowest BCUT2D eigenvalue weighted by Crippen LogP contribution is -2.46. The fraction of sp³-hybridized carbons (Fsp3) is 0.667. The molecule has 3 rings (SSSR count). The topological polar surface area (TPSA) is 82.1 Å². The first kappa shape index (κ1) is 26.1. The van der Waals surface area contributed by atoms with Gasteiger partial charge in [0.25, 0.3) is 0 Å². The Morgan fingerprint density at radius 3 is 2.50 bits per heavy atom. The minimum Gasteiger partial charge on any atom is -0.481 e. The molecule has 1 atom stereocenters. The number of ether oxygens (including phenoxy) is 1. The summed E-state index contributed by atoms with van der Waals surface area (Å²) in [4.78, 5) is 26.6. The van der Waals surface area contributed by atoms with Gasteiger partial charge in [-0.15, -0.1) is 0 Å². The van der Waals surface area contributed by atoms with Gasteiger partial charge in [0.2, 0.25) is 0 Å². The second kappa shape index (κ2) is 10.8. The van der Waals surface area contributed by atoms with Gasteiger partial charge >= 0.3 is 18.2 Å². The maximum Gasteiger partial charge on any atom is 0.425 e. The second-order valence-electron chi connectivity index (χ2n) is 9.65. The van der Waals surface area contributed by atoms with E-state index >= 15 is 0 Å². The van der Waals surface area contributed by atoms with Crippen LogP contribution in [0.15, 0.2) is 18.2 Å². The number of nitrogens with one attached hydrogen (secondary N) is 1. The van der Waals surface area contributed by atoms with Crippen molar-refractivity contribution >= 4 is 17.7 Å². The first-order valence-corrected chi connectivity index (χ1v) is 11.8. The van der Waals surface area contributed by atoms with Crippen molar-refractivity contribution in [2.24, 2.45) is 5.41 Å². The summed E-state index contributed by atoms with van der Waals surface area (Å²) in [6.07, 6.45) is -4.35. The summed E-state index contributed by atoms with van der Waals surface area (Å²) >= 11 is 0. The zero-order chi connectivity index (χ0) is 24.9. The van der Waals surface area contributed by atoms with E-state index in [2.05, 4.69) is 27.1 Å². The lowest BCUT2D eigenvalue weighted by Gasteiger charge is -2.39. The molecule has 7 nitrogen and oxygen atoms in total. The lowest BCUT2D eigenvalue weighted by molar-refractivity contribution is -0.200. The van der Waals surface area contributed by atoms with Gasteiger partial charge in [-0.25, -0.2) is 4.79 Å². The third kappa shape index (κ3) is 7.25. The van der Waals surface area contributed by atoms with Gasteiger partial charge in [-0.3, -0.25) is 9.69 Å². The Morgan fingerprint density at radius 1 is 1.18 bits per heavy atom. The van der Waals surface area contributed by atoms with Gasteiger partial charge in [-0.05, 0) is 74.8 Å². The number of piperidine rings is 1. The number of carboxylic acids is 1. The molecule has 1 unspecified atom stereocenters.